The van der Waals surface area contributed by atoms with Gasteiger partial charge in [0.05, 0.1) is 0 Å². The normalized spacial score (nSPS) is 13.5. The Morgan fingerprint density at radius 1 is 1.26 bits per heavy atom. The molecule has 5 heteroatoms. The second-order valence-electron chi connectivity index (χ2n) is 5.10. The van der Waals surface area contributed by atoms with E-state index < -0.39 is 0 Å². The standard InChI is InChI=1S/C14H23FN4/c1-10(2)9-17-14(19-16)18-11(3)8-12-4-6-13(15)7-5-12/h4-7,10-11H,8-9,16H2,1-3H3,(H2,17,18,19). The summed E-state index contributed by atoms with van der Waals surface area (Å²) in [7, 11) is 0. The lowest BCUT2D eigenvalue weighted by Gasteiger charge is -2.17. The van der Waals surface area contributed by atoms with Crippen LogP contribution in [0.25, 0.3) is 0 Å². The third-order valence-electron chi connectivity index (χ3n) is 2.59. The fraction of sp³-hybridized carbons (Fsp3) is 0.500. The van der Waals surface area contributed by atoms with Crippen LogP contribution in [0.1, 0.15) is 26.3 Å². The van der Waals surface area contributed by atoms with E-state index in [0.29, 0.717) is 11.9 Å². The summed E-state index contributed by atoms with van der Waals surface area (Å²) in [6.07, 6.45) is 0.780. The summed E-state index contributed by atoms with van der Waals surface area (Å²) >= 11 is 0. The molecular weight excluding hydrogens is 243 g/mol. The Bertz CT molecular complexity index is 400. The molecule has 0 saturated carbocycles. The molecule has 0 aliphatic heterocycles. The van der Waals surface area contributed by atoms with Crippen molar-refractivity contribution in [2.75, 3.05) is 6.54 Å². The van der Waals surface area contributed by atoms with E-state index in [1.54, 1.807) is 12.1 Å². The first kappa shape index (κ1) is 15.4. The van der Waals surface area contributed by atoms with E-state index in [-0.39, 0.29) is 11.9 Å². The molecular formula is C14H23FN4. The van der Waals surface area contributed by atoms with Crippen molar-refractivity contribution in [1.82, 2.24) is 10.7 Å². The topological polar surface area (TPSA) is 62.4 Å². The van der Waals surface area contributed by atoms with Crippen LogP contribution in [-0.2, 0) is 6.42 Å². The number of hydrogen-bond acceptors (Lipinski definition) is 2. The van der Waals surface area contributed by atoms with Gasteiger partial charge in [-0.3, -0.25) is 10.4 Å². The van der Waals surface area contributed by atoms with Gasteiger partial charge in [0.15, 0.2) is 0 Å². The second-order valence-corrected chi connectivity index (χ2v) is 5.10. The van der Waals surface area contributed by atoms with Gasteiger partial charge in [-0.1, -0.05) is 26.0 Å². The first-order chi connectivity index (χ1) is 9.01. The maximum absolute atomic E-state index is 12.8. The van der Waals surface area contributed by atoms with Crippen LogP contribution in [0.3, 0.4) is 0 Å². The first-order valence-corrected chi connectivity index (χ1v) is 6.53. The van der Waals surface area contributed by atoms with Gasteiger partial charge in [0.1, 0.15) is 5.82 Å². The Labute approximate surface area is 114 Å². The van der Waals surface area contributed by atoms with Crippen molar-refractivity contribution in [3.63, 3.8) is 0 Å². The number of nitrogens with zero attached hydrogens (tertiary/aromatic N) is 1. The number of hydrogen-bond donors (Lipinski definition) is 3. The van der Waals surface area contributed by atoms with Crippen molar-refractivity contribution in [2.24, 2.45) is 16.8 Å². The number of aliphatic imine (C=N–C) groups is 1. The average molecular weight is 266 g/mol. The van der Waals surface area contributed by atoms with E-state index in [9.17, 15) is 4.39 Å². The maximum atomic E-state index is 12.8. The molecule has 0 fully saturated rings. The van der Waals surface area contributed by atoms with Gasteiger partial charge < -0.3 is 5.32 Å². The Morgan fingerprint density at radius 2 is 1.89 bits per heavy atom. The molecule has 4 nitrogen and oxygen atoms in total. The number of nitrogens with two attached hydrogens (primary N) is 1. The van der Waals surface area contributed by atoms with Crippen molar-refractivity contribution in [1.29, 1.82) is 0 Å². The van der Waals surface area contributed by atoms with Crippen LogP contribution in [0.5, 0.6) is 0 Å². The maximum Gasteiger partial charge on any atom is 0.205 e. The smallest absolute Gasteiger partial charge is 0.205 e. The SMILES string of the molecule is CC(C)CN=C(NN)NC(C)Cc1ccc(F)cc1. The van der Waals surface area contributed by atoms with Gasteiger partial charge in [0.2, 0.25) is 5.96 Å². The molecule has 1 unspecified atom stereocenters. The molecule has 0 bridgehead atoms. The Hall–Kier alpha value is -1.62. The molecule has 0 aliphatic carbocycles. The molecule has 1 aromatic carbocycles. The van der Waals surface area contributed by atoms with Crippen LogP contribution in [0.4, 0.5) is 4.39 Å². The van der Waals surface area contributed by atoms with Gasteiger partial charge >= 0.3 is 0 Å². The summed E-state index contributed by atoms with van der Waals surface area (Å²) < 4.78 is 12.8. The molecule has 1 rings (SSSR count). The van der Waals surface area contributed by atoms with Gasteiger partial charge in [0.25, 0.3) is 0 Å². The molecule has 19 heavy (non-hydrogen) atoms. The predicted octanol–water partition coefficient (Wildman–Crippen LogP) is 1.82. The van der Waals surface area contributed by atoms with E-state index in [4.69, 9.17) is 5.84 Å². The molecule has 0 spiro atoms. The fourth-order valence-electron chi connectivity index (χ4n) is 1.67. The molecule has 1 aromatic rings. The Kier molecular flexibility index (Phi) is 6.29. The highest BCUT2D eigenvalue weighted by Gasteiger charge is 2.06. The zero-order chi connectivity index (χ0) is 14.3. The van der Waals surface area contributed by atoms with Crippen LogP contribution in [0, 0.1) is 11.7 Å². The van der Waals surface area contributed by atoms with Crippen LogP contribution >= 0.6 is 0 Å². The van der Waals surface area contributed by atoms with Crippen molar-refractivity contribution >= 4 is 5.96 Å². The number of benzene rings is 1. The molecule has 0 aromatic heterocycles. The number of halogens is 1. The lowest BCUT2D eigenvalue weighted by atomic mass is 10.1. The number of nitrogens with one attached hydrogen (secondary N) is 2. The number of guanidine groups is 1. The van der Waals surface area contributed by atoms with E-state index in [1.165, 1.54) is 12.1 Å². The molecule has 4 N–H and O–H groups in total. The minimum Gasteiger partial charge on any atom is -0.353 e. The highest BCUT2D eigenvalue weighted by Crippen LogP contribution is 2.05. The summed E-state index contributed by atoms with van der Waals surface area (Å²) in [5, 5.41) is 3.21. The highest BCUT2D eigenvalue weighted by molar-refractivity contribution is 5.79. The first-order valence-electron chi connectivity index (χ1n) is 6.53. The average Bonchev–Trinajstić information content (AvgIpc) is 2.37. The molecule has 0 heterocycles. The zero-order valence-corrected chi connectivity index (χ0v) is 11.8. The summed E-state index contributed by atoms with van der Waals surface area (Å²) in [5.74, 6) is 6.28. The van der Waals surface area contributed by atoms with Crippen molar-refractivity contribution < 1.29 is 4.39 Å². The van der Waals surface area contributed by atoms with Crippen molar-refractivity contribution in [3.05, 3.63) is 35.6 Å². The zero-order valence-electron chi connectivity index (χ0n) is 11.8. The fourth-order valence-corrected chi connectivity index (χ4v) is 1.67. The number of hydrazine groups is 1. The van der Waals surface area contributed by atoms with Gasteiger partial charge in [-0.15, -0.1) is 0 Å². The van der Waals surface area contributed by atoms with Gasteiger partial charge in [0, 0.05) is 12.6 Å². The van der Waals surface area contributed by atoms with Gasteiger partial charge in [-0.05, 0) is 37.0 Å². The van der Waals surface area contributed by atoms with Crippen LogP contribution in [0.2, 0.25) is 0 Å². The van der Waals surface area contributed by atoms with Crippen LogP contribution in [0.15, 0.2) is 29.3 Å². The second kappa shape index (κ2) is 7.74. The largest absolute Gasteiger partial charge is 0.353 e. The van der Waals surface area contributed by atoms with E-state index in [0.717, 1.165) is 18.5 Å². The van der Waals surface area contributed by atoms with Crippen molar-refractivity contribution in [3.8, 4) is 0 Å². The van der Waals surface area contributed by atoms with E-state index in [1.807, 2.05) is 6.92 Å². The third kappa shape index (κ3) is 6.20. The molecule has 0 aliphatic rings. The number of rotatable bonds is 5. The van der Waals surface area contributed by atoms with Crippen LogP contribution in [-0.4, -0.2) is 18.5 Å². The molecule has 106 valence electrons. The Balaban J connectivity index is 2.51. The highest BCUT2D eigenvalue weighted by atomic mass is 19.1. The van der Waals surface area contributed by atoms with Gasteiger partial charge in [-0.2, -0.15) is 0 Å². The van der Waals surface area contributed by atoms with Crippen LogP contribution < -0.4 is 16.6 Å². The summed E-state index contributed by atoms with van der Waals surface area (Å²) in [4.78, 5) is 4.35. The minimum atomic E-state index is -0.216. The lowest BCUT2D eigenvalue weighted by molar-refractivity contribution is 0.615. The van der Waals surface area contributed by atoms with E-state index >= 15 is 0 Å². The summed E-state index contributed by atoms with van der Waals surface area (Å²) in [6, 6.07) is 6.67. The summed E-state index contributed by atoms with van der Waals surface area (Å²) in [5.41, 5.74) is 3.63. The third-order valence-corrected chi connectivity index (χ3v) is 2.59. The lowest BCUT2D eigenvalue weighted by Crippen LogP contribution is -2.46. The summed E-state index contributed by atoms with van der Waals surface area (Å²) in [6.45, 7) is 6.94. The van der Waals surface area contributed by atoms with Gasteiger partial charge in [-0.25, -0.2) is 10.2 Å². The Morgan fingerprint density at radius 3 is 2.42 bits per heavy atom. The molecule has 0 radical (unpaired) electrons. The molecule has 0 amide bonds. The minimum absolute atomic E-state index is 0.160. The van der Waals surface area contributed by atoms with E-state index in [2.05, 4.69) is 29.6 Å². The van der Waals surface area contributed by atoms with Crippen molar-refractivity contribution in [2.45, 2.75) is 33.2 Å². The molecule has 1 atom stereocenters. The quantitative estimate of drug-likeness (QED) is 0.330. The monoisotopic (exact) mass is 266 g/mol. The predicted molar refractivity (Wildman–Crippen MR) is 77.2 cm³/mol. The molecule has 0 saturated heterocycles.